The van der Waals surface area contributed by atoms with Crippen LogP contribution in [-0.2, 0) is 0 Å². The van der Waals surface area contributed by atoms with E-state index in [0.717, 1.165) is 16.8 Å². The van der Waals surface area contributed by atoms with E-state index in [1.165, 1.54) is 0 Å². The second-order valence-corrected chi connectivity index (χ2v) is 4.23. The highest BCUT2D eigenvalue weighted by molar-refractivity contribution is 6.31. The molecule has 0 spiro atoms. The van der Waals surface area contributed by atoms with E-state index in [1.54, 1.807) is 12.3 Å². The molecule has 0 saturated heterocycles. The molecule has 2 aromatic rings. The molecule has 1 atom stereocenters. The van der Waals surface area contributed by atoms with Crippen molar-refractivity contribution < 1.29 is 0 Å². The third kappa shape index (κ3) is 2.47. The van der Waals surface area contributed by atoms with E-state index in [4.69, 9.17) is 17.4 Å². The summed E-state index contributed by atoms with van der Waals surface area (Å²) in [6, 6.07) is 11.5. The molecule has 0 aliphatic carbocycles. The third-order valence-electron chi connectivity index (χ3n) is 2.73. The maximum Gasteiger partial charge on any atom is 0.0899 e. The molecule has 0 fully saturated rings. The Kier molecular flexibility index (Phi) is 3.74. The predicted molar refractivity (Wildman–Crippen MR) is 69.6 cm³/mol. The average molecular weight is 248 g/mol. The normalized spacial score (nSPS) is 12.4. The smallest absolute Gasteiger partial charge is 0.0899 e. The first kappa shape index (κ1) is 12.0. The molecule has 0 radical (unpaired) electrons. The molecule has 88 valence electrons. The van der Waals surface area contributed by atoms with Crippen molar-refractivity contribution in [2.75, 3.05) is 0 Å². The summed E-state index contributed by atoms with van der Waals surface area (Å²) in [5.74, 6) is 5.63. The molecule has 3 nitrogen and oxygen atoms in total. The first-order valence-corrected chi connectivity index (χ1v) is 5.74. The number of pyridine rings is 1. The minimum atomic E-state index is -0.190. The van der Waals surface area contributed by atoms with Gasteiger partial charge in [-0.2, -0.15) is 0 Å². The molecule has 0 amide bonds. The minimum absolute atomic E-state index is 0.190. The number of aryl methyl sites for hydroxylation is 1. The van der Waals surface area contributed by atoms with Crippen molar-refractivity contribution in [2.24, 2.45) is 5.84 Å². The number of nitrogens with two attached hydrogens (primary N) is 1. The van der Waals surface area contributed by atoms with Crippen LogP contribution in [0.2, 0.25) is 5.02 Å². The number of rotatable bonds is 3. The summed E-state index contributed by atoms with van der Waals surface area (Å²) in [6.07, 6.45) is 1.71. The van der Waals surface area contributed by atoms with Gasteiger partial charge in [0.15, 0.2) is 0 Å². The Morgan fingerprint density at radius 3 is 2.65 bits per heavy atom. The van der Waals surface area contributed by atoms with Gasteiger partial charge >= 0.3 is 0 Å². The van der Waals surface area contributed by atoms with Gasteiger partial charge in [0.2, 0.25) is 0 Å². The van der Waals surface area contributed by atoms with Gasteiger partial charge in [0, 0.05) is 6.20 Å². The van der Waals surface area contributed by atoms with Crippen LogP contribution < -0.4 is 11.3 Å². The lowest BCUT2D eigenvalue weighted by molar-refractivity contribution is 0.618. The highest BCUT2D eigenvalue weighted by Gasteiger charge is 2.17. The van der Waals surface area contributed by atoms with Gasteiger partial charge in [-0.05, 0) is 30.2 Å². The van der Waals surface area contributed by atoms with Crippen molar-refractivity contribution in [2.45, 2.75) is 13.0 Å². The summed E-state index contributed by atoms with van der Waals surface area (Å²) in [4.78, 5) is 4.29. The Balaban J connectivity index is 2.48. The van der Waals surface area contributed by atoms with Crippen LogP contribution in [0, 0.1) is 6.92 Å². The number of nitrogens with zero attached hydrogens (tertiary/aromatic N) is 1. The van der Waals surface area contributed by atoms with Crippen LogP contribution in [0.1, 0.15) is 22.9 Å². The largest absolute Gasteiger partial charge is 0.271 e. The van der Waals surface area contributed by atoms with E-state index in [1.807, 2.05) is 37.3 Å². The fourth-order valence-corrected chi connectivity index (χ4v) is 2.07. The molecule has 0 aliphatic heterocycles. The van der Waals surface area contributed by atoms with Crippen LogP contribution >= 0.6 is 11.6 Å². The summed E-state index contributed by atoms with van der Waals surface area (Å²) in [7, 11) is 0. The van der Waals surface area contributed by atoms with Crippen molar-refractivity contribution in [3.05, 3.63) is 64.4 Å². The Morgan fingerprint density at radius 2 is 2.00 bits per heavy atom. The molecule has 3 N–H and O–H groups in total. The first-order valence-electron chi connectivity index (χ1n) is 5.36. The second kappa shape index (κ2) is 5.27. The quantitative estimate of drug-likeness (QED) is 0.648. The van der Waals surface area contributed by atoms with Crippen molar-refractivity contribution in [1.29, 1.82) is 0 Å². The maximum absolute atomic E-state index is 6.14. The van der Waals surface area contributed by atoms with Gasteiger partial charge < -0.3 is 0 Å². The molecule has 17 heavy (non-hydrogen) atoms. The van der Waals surface area contributed by atoms with E-state index < -0.39 is 0 Å². The van der Waals surface area contributed by atoms with Gasteiger partial charge in [-0.3, -0.25) is 10.8 Å². The van der Waals surface area contributed by atoms with E-state index in [9.17, 15) is 0 Å². The average Bonchev–Trinajstić information content (AvgIpc) is 2.34. The number of hydrogen-bond donors (Lipinski definition) is 2. The Morgan fingerprint density at radius 1 is 1.24 bits per heavy atom. The number of aromatic nitrogens is 1. The van der Waals surface area contributed by atoms with Crippen molar-refractivity contribution in [3.8, 4) is 0 Å². The molecule has 2 rings (SSSR count). The highest BCUT2D eigenvalue weighted by Crippen LogP contribution is 2.27. The van der Waals surface area contributed by atoms with Crippen LogP contribution in [0.5, 0.6) is 0 Å². The first-order chi connectivity index (χ1) is 8.24. The lowest BCUT2D eigenvalue weighted by Crippen LogP contribution is -2.30. The molecular weight excluding hydrogens is 234 g/mol. The van der Waals surface area contributed by atoms with Gasteiger partial charge in [-0.25, -0.2) is 5.43 Å². The molecule has 0 bridgehead atoms. The monoisotopic (exact) mass is 247 g/mol. The summed E-state index contributed by atoms with van der Waals surface area (Å²) in [6.45, 7) is 2.04. The summed E-state index contributed by atoms with van der Waals surface area (Å²) >= 11 is 6.14. The van der Waals surface area contributed by atoms with Gasteiger partial charge in [0.25, 0.3) is 0 Å². The van der Waals surface area contributed by atoms with Crippen LogP contribution in [0.15, 0.2) is 42.6 Å². The SMILES string of the molecule is Cc1ccccc1C(NN)c1ncccc1Cl. The van der Waals surface area contributed by atoms with E-state index in [2.05, 4.69) is 10.4 Å². The molecule has 0 aliphatic rings. The third-order valence-corrected chi connectivity index (χ3v) is 3.05. The summed E-state index contributed by atoms with van der Waals surface area (Å²) < 4.78 is 0. The zero-order valence-corrected chi connectivity index (χ0v) is 10.3. The van der Waals surface area contributed by atoms with Crippen molar-refractivity contribution in [1.82, 2.24) is 10.4 Å². The predicted octanol–water partition coefficient (Wildman–Crippen LogP) is 2.60. The zero-order valence-electron chi connectivity index (χ0n) is 9.52. The lowest BCUT2D eigenvalue weighted by Gasteiger charge is -2.18. The Hall–Kier alpha value is -1.42. The molecule has 1 aromatic heterocycles. The zero-order chi connectivity index (χ0) is 12.3. The molecular formula is C13H14ClN3. The number of halogens is 1. The molecule has 1 aromatic carbocycles. The number of hydrazine groups is 1. The standard InChI is InChI=1S/C13H14ClN3/c1-9-5-2-3-6-10(9)12(17-15)13-11(14)7-4-8-16-13/h2-8,12,17H,15H2,1H3. The van der Waals surface area contributed by atoms with Gasteiger partial charge in [-0.15, -0.1) is 0 Å². The Labute approximate surface area is 106 Å². The summed E-state index contributed by atoms with van der Waals surface area (Å²) in [5.41, 5.74) is 5.74. The topological polar surface area (TPSA) is 50.9 Å². The van der Waals surface area contributed by atoms with Crippen molar-refractivity contribution in [3.63, 3.8) is 0 Å². The van der Waals surface area contributed by atoms with Crippen LogP contribution in [0.3, 0.4) is 0 Å². The molecule has 4 heteroatoms. The van der Waals surface area contributed by atoms with Crippen LogP contribution in [-0.4, -0.2) is 4.98 Å². The fourth-order valence-electron chi connectivity index (χ4n) is 1.84. The number of hydrogen-bond acceptors (Lipinski definition) is 3. The van der Waals surface area contributed by atoms with E-state index in [-0.39, 0.29) is 6.04 Å². The van der Waals surface area contributed by atoms with E-state index in [0.29, 0.717) is 5.02 Å². The second-order valence-electron chi connectivity index (χ2n) is 3.83. The highest BCUT2D eigenvalue weighted by atomic mass is 35.5. The summed E-state index contributed by atoms with van der Waals surface area (Å²) in [5, 5.41) is 0.610. The van der Waals surface area contributed by atoms with Gasteiger partial charge in [-0.1, -0.05) is 35.9 Å². The van der Waals surface area contributed by atoms with Crippen molar-refractivity contribution >= 4 is 11.6 Å². The number of nitrogens with one attached hydrogen (secondary N) is 1. The molecule has 1 unspecified atom stereocenters. The fraction of sp³-hybridized carbons (Fsp3) is 0.154. The molecule has 1 heterocycles. The van der Waals surface area contributed by atoms with Crippen LogP contribution in [0.4, 0.5) is 0 Å². The lowest BCUT2D eigenvalue weighted by atomic mass is 9.99. The van der Waals surface area contributed by atoms with Gasteiger partial charge in [0.1, 0.15) is 0 Å². The minimum Gasteiger partial charge on any atom is -0.271 e. The van der Waals surface area contributed by atoms with Gasteiger partial charge in [0.05, 0.1) is 16.8 Å². The maximum atomic E-state index is 6.14. The Bertz CT molecular complexity index is 468. The molecule has 0 saturated carbocycles. The van der Waals surface area contributed by atoms with Crippen LogP contribution in [0.25, 0.3) is 0 Å². The van der Waals surface area contributed by atoms with E-state index >= 15 is 0 Å². The number of benzene rings is 1.